The first-order valence-electron chi connectivity index (χ1n) is 6.74. The monoisotopic (exact) mass is 361 g/mol. The van der Waals surface area contributed by atoms with Gasteiger partial charge in [-0.1, -0.05) is 6.07 Å². The van der Waals surface area contributed by atoms with Crippen molar-refractivity contribution in [2.24, 2.45) is 0 Å². The Kier molecular flexibility index (Phi) is 11.0. The molecule has 9 heteroatoms. The Morgan fingerprint density at radius 1 is 1.26 bits per heavy atom. The minimum Gasteiger partial charge on any atom is -0.383 e. The molecule has 0 unspecified atom stereocenters. The number of benzene rings is 1. The number of hydrogen-bond acceptors (Lipinski definition) is 5. The lowest BCUT2D eigenvalue weighted by Crippen LogP contribution is -2.33. The standard InChI is InChI=1S/C14H19N5O2.2ClH/c1-21-8-7-15-5-6-17-14(20)12-3-2-4-13(9-12)19-11-16-10-18-19;;/h2-4,9-11,15H,5-8H2,1H3,(H,17,20);2*1H. The third-order valence-electron chi connectivity index (χ3n) is 2.86. The maximum Gasteiger partial charge on any atom is 0.251 e. The number of halogens is 2. The number of nitrogens with one attached hydrogen (secondary N) is 2. The second kappa shape index (κ2) is 11.8. The highest BCUT2D eigenvalue weighted by molar-refractivity contribution is 5.94. The van der Waals surface area contributed by atoms with Crippen molar-refractivity contribution < 1.29 is 9.53 Å². The summed E-state index contributed by atoms with van der Waals surface area (Å²) in [6.07, 6.45) is 3.05. The Hall–Kier alpha value is -1.67. The van der Waals surface area contributed by atoms with Crippen LogP contribution in [0.15, 0.2) is 36.9 Å². The summed E-state index contributed by atoms with van der Waals surface area (Å²) in [5, 5.41) is 10.1. The van der Waals surface area contributed by atoms with Gasteiger partial charge in [-0.2, -0.15) is 5.10 Å². The van der Waals surface area contributed by atoms with E-state index < -0.39 is 0 Å². The normalized spacial score (nSPS) is 9.61. The van der Waals surface area contributed by atoms with Gasteiger partial charge in [0, 0.05) is 32.3 Å². The van der Waals surface area contributed by atoms with Crippen LogP contribution in [0.3, 0.4) is 0 Å². The van der Waals surface area contributed by atoms with Crippen molar-refractivity contribution >= 4 is 30.7 Å². The van der Waals surface area contributed by atoms with Crippen LogP contribution in [0.4, 0.5) is 0 Å². The van der Waals surface area contributed by atoms with Crippen LogP contribution in [0.5, 0.6) is 0 Å². The molecule has 0 saturated carbocycles. The molecule has 0 aliphatic rings. The van der Waals surface area contributed by atoms with Gasteiger partial charge >= 0.3 is 0 Å². The first-order chi connectivity index (χ1) is 10.3. The van der Waals surface area contributed by atoms with E-state index in [4.69, 9.17) is 4.74 Å². The molecule has 2 N–H and O–H groups in total. The summed E-state index contributed by atoms with van der Waals surface area (Å²) in [5.74, 6) is -0.106. The van der Waals surface area contributed by atoms with Gasteiger partial charge in [0.25, 0.3) is 5.91 Å². The van der Waals surface area contributed by atoms with Crippen LogP contribution in [0.1, 0.15) is 10.4 Å². The number of ether oxygens (including phenoxy) is 1. The maximum atomic E-state index is 12.0. The number of rotatable bonds is 8. The molecule has 0 saturated heterocycles. The lowest BCUT2D eigenvalue weighted by atomic mass is 10.2. The molecule has 0 aliphatic heterocycles. The van der Waals surface area contributed by atoms with Gasteiger partial charge in [-0.25, -0.2) is 9.67 Å². The smallest absolute Gasteiger partial charge is 0.251 e. The van der Waals surface area contributed by atoms with E-state index in [0.717, 1.165) is 12.2 Å². The van der Waals surface area contributed by atoms with Crippen LogP contribution in [0.2, 0.25) is 0 Å². The summed E-state index contributed by atoms with van der Waals surface area (Å²) in [6, 6.07) is 7.25. The zero-order valence-corrected chi connectivity index (χ0v) is 14.4. The number of carbonyl (C=O) groups is 1. The molecule has 23 heavy (non-hydrogen) atoms. The third-order valence-corrected chi connectivity index (χ3v) is 2.86. The molecule has 2 aromatic rings. The fraction of sp³-hybridized carbons (Fsp3) is 0.357. The van der Waals surface area contributed by atoms with Crippen LogP contribution in [-0.4, -0.2) is 54.0 Å². The molecule has 0 atom stereocenters. The van der Waals surface area contributed by atoms with E-state index in [1.54, 1.807) is 30.3 Å². The second-order valence-corrected chi connectivity index (χ2v) is 4.39. The average Bonchev–Trinajstić information content (AvgIpc) is 3.05. The van der Waals surface area contributed by atoms with Crippen LogP contribution >= 0.6 is 24.8 Å². The van der Waals surface area contributed by atoms with Crippen molar-refractivity contribution in [3.8, 4) is 5.69 Å². The second-order valence-electron chi connectivity index (χ2n) is 4.39. The summed E-state index contributed by atoms with van der Waals surface area (Å²) in [6.45, 7) is 2.70. The number of aromatic nitrogens is 3. The van der Waals surface area contributed by atoms with Gasteiger partial charge < -0.3 is 15.4 Å². The van der Waals surface area contributed by atoms with Crippen LogP contribution in [-0.2, 0) is 4.74 Å². The number of hydrogen-bond donors (Lipinski definition) is 2. The number of nitrogens with zero attached hydrogens (tertiary/aromatic N) is 3. The lowest BCUT2D eigenvalue weighted by molar-refractivity contribution is 0.0953. The van der Waals surface area contributed by atoms with E-state index in [9.17, 15) is 4.79 Å². The molecule has 0 aliphatic carbocycles. The van der Waals surface area contributed by atoms with E-state index in [0.29, 0.717) is 25.3 Å². The predicted molar refractivity (Wildman–Crippen MR) is 92.9 cm³/mol. The zero-order chi connectivity index (χ0) is 14.9. The number of amides is 1. The highest BCUT2D eigenvalue weighted by Crippen LogP contribution is 2.08. The zero-order valence-electron chi connectivity index (χ0n) is 12.8. The van der Waals surface area contributed by atoms with Gasteiger partial charge in [-0.05, 0) is 18.2 Å². The van der Waals surface area contributed by atoms with Crippen molar-refractivity contribution in [2.45, 2.75) is 0 Å². The summed E-state index contributed by atoms with van der Waals surface area (Å²) in [4.78, 5) is 15.9. The topological polar surface area (TPSA) is 81.1 Å². The van der Waals surface area contributed by atoms with Crippen molar-refractivity contribution in [3.05, 3.63) is 42.5 Å². The predicted octanol–water partition coefficient (Wildman–Crippen LogP) is 1.08. The summed E-state index contributed by atoms with van der Waals surface area (Å²) in [5.41, 5.74) is 1.40. The lowest BCUT2D eigenvalue weighted by Gasteiger charge is -2.08. The summed E-state index contributed by atoms with van der Waals surface area (Å²) >= 11 is 0. The minimum atomic E-state index is -0.106. The molecule has 7 nitrogen and oxygen atoms in total. The van der Waals surface area contributed by atoms with E-state index >= 15 is 0 Å². The van der Waals surface area contributed by atoms with Gasteiger partial charge in [-0.3, -0.25) is 4.79 Å². The maximum absolute atomic E-state index is 12.0. The molecule has 0 radical (unpaired) electrons. The van der Waals surface area contributed by atoms with Gasteiger partial charge in [0.1, 0.15) is 12.7 Å². The third kappa shape index (κ3) is 6.96. The molecular formula is C14H21Cl2N5O2. The van der Waals surface area contributed by atoms with Crippen molar-refractivity contribution in [2.75, 3.05) is 33.4 Å². The number of carbonyl (C=O) groups excluding carboxylic acids is 1. The van der Waals surface area contributed by atoms with Crippen LogP contribution in [0.25, 0.3) is 5.69 Å². The largest absolute Gasteiger partial charge is 0.383 e. The van der Waals surface area contributed by atoms with E-state index in [2.05, 4.69) is 20.7 Å². The molecular weight excluding hydrogens is 341 g/mol. The molecule has 0 spiro atoms. The highest BCUT2D eigenvalue weighted by Gasteiger charge is 2.06. The Morgan fingerprint density at radius 3 is 2.78 bits per heavy atom. The SMILES string of the molecule is COCCNCCNC(=O)c1cccc(-n2cncn2)c1.Cl.Cl. The fourth-order valence-electron chi connectivity index (χ4n) is 1.80. The molecule has 0 bridgehead atoms. The van der Waals surface area contributed by atoms with Crippen molar-refractivity contribution in [3.63, 3.8) is 0 Å². The van der Waals surface area contributed by atoms with Crippen molar-refractivity contribution in [1.29, 1.82) is 0 Å². The van der Waals surface area contributed by atoms with E-state index in [1.165, 1.54) is 6.33 Å². The molecule has 1 aromatic heterocycles. The Morgan fingerprint density at radius 2 is 2.09 bits per heavy atom. The molecule has 1 aromatic carbocycles. The van der Waals surface area contributed by atoms with Crippen molar-refractivity contribution in [1.82, 2.24) is 25.4 Å². The average molecular weight is 362 g/mol. The first-order valence-corrected chi connectivity index (χ1v) is 6.74. The van der Waals surface area contributed by atoms with Gasteiger partial charge in [0.2, 0.25) is 0 Å². The van der Waals surface area contributed by atoms with Gasteiger partial charge in [0.15, 0.2) is 0 Å². The van der Waals surface area contributed by atoms with E-state index in [-0.39, 0.29) is 30.7 Å². The summed E-state index contributed by atoms with van der Waals surface area (Å²) in [7, 11) is 1.66. The Bertz CT molecular complexity index is 566. The first kappa shape index (κ1) is 21.3. The fourth-order valence-corrected chi connectivity index (χ4v) is 1.80. The highest BCUT2D eigenvalue weighted by atomic mass is 35.5. The summed E-state index contributed by atoms with van der Waals surface area (Å²) < 4.78 is 6.54. The molecule has 1 heterocycles. The van der Waals surface area contributed by atoms with Crippen LogP contribution in [0, 0.1) is 0 Å². The van der Waals surface area contributed by atoms with E-state index in [1.807, 2.05) is 12.1 Å². The molecule has 1 amide bonds. The quantitative estimate of drug-likeness (QED) is 0.687. The molecule has 128 valence electrons. The Labute approximate surface area is 147 Å². The minimum absolute atomic E-state index is 0. The van der Waals surface area contributed by atoms with Gasteiger partial charge in [-0.15, -0.1) is 24.8 Å². The molecule has 0 fully saturated rings. The van der Waals surface area contributed by atoms with Gasteiger partial charge in [0.05, 0.1) is 12.3 Å². The number of methoxy groups -OCH3 is 1. The molecule has 2 rings (SSSR count). The van der Waals surface area contributed by atoms with Crippen LogP contribution < -0.4 is 10.6 Å². The Balaban J connectivity index is 0.00000242.